The highest BCUT2D eigenvalue weighted by Crippen LogP contribution is 2.12. The van der Waals surface area contributed by atoms with Crippen LogP contribution in [0.25, 0.3) is 5.69 Å². The molecular weight excluding hydrogens is 275 g/mol. The van der Waals surface area contributed by atoms with Crippen molar-refractivity contribution in [2.24, 2.45) is 5.10 Å². The van der Waals surface area contributed by atoms with Crippen LogP contribution in [0.15, 0.2) is 47.7 Å². The van der Waals surface area contributed by atoms with E-state index in [0.717, 1.165) is 17.9 Å². The summed E-state index contributed by atoms with van der Waals surface area (Å²) in [5.74, 6) is -0.256. The molecular formula is C14H15FN4S. The molecule has 0 bridgehead atoms. The second-order valence-electron chi connectivity index (χ2n) is 4.01. The number of aromatic nitrogens is 1. The Hall–Kier alpha value is -2.21. The van der Waals surface area contributed by atoms with Crippen LogP contribution in [0, 0.1) is 5.82 Å². The molecule has 0 aliphatic heterocycles. The molecule has 2 N–H and O–H groups in total. The van der Waals surface area contributed by atoms with E-state index >= 15 is 0 Å². The van der Waals surface area contributed by atoms with Crippen molar-refractivity contribution in [3.63, 3.8) is 0 Å². The first-order valence-corrected chi connectivity index (χ1v) is 6.61. The van der Waals surface area contributed by atoms with E-state index < -0.39 is 0 Å². The number of benzene rings is 1. The summed E-state index contributed by atoms with van der Waals surface area (Å²) in [6.45, 7) is 2.70. The van der Waals surface area contributed by atoms with E-state index in [-0.39, 0.29) is 5.82 Å². The predicted octanol–water partition coefficient (Wildman–Crippen LogP) is 2.43. The lowest BCUT2D eigenvalue weighted by Gasteiger charge is -2.06. The van der Waals surface area contributed by atoms with Gasteiger partial charge in [0.25, 0.3) is 0 Å². The van der Waals surface area contributed by atoms with E-state index in [1.807, 2.05) is 29.8 Å². The normalized spacial score (nSPS) is 10.7. The van der Waals surface area contributed by atoms with Crippen molar-refractivity contribution in [3.05, 3.63) is 54.1 Å². The molecule has 2 aromatic rings. The van der Waals surface area contributed by atoms with Gasteiger partial charge >= 0.3 is 0 Å². The number of hydrogen-bond acceptors (Lipinski definition) is 2. The average molecular weight is 290 g/mol. The summed E-state index contributed by atoms with van der Waals surface area (Å²) in [5, 5.41) is 7.47. The lowest BCUT2D eigenvalue weighted by atomic mass is 10.3. The molecule has 0 fully saturated rings. The molecule has 0 amide bonds. The van der Waals surface area contributed by atoms with Crippen LogP contribution < -0.4 is 10.7 Å². The van der Waals surface area contributed by atoms with E-state index in [4.69, 9.17) is 12.2 Å². The minimum Gasteiger partial charge on any atom is -0.362 e. The second-order valence-corrected chi connectivity index (χ2v) is 4.42. The van der Waals surface area contributed by atoms with Crippen LogP contribution in [-0.2, 0) is 0 Å². The average Bonchev–Trinajstić information content (AvgIpc) is 2.88. The summed E-state index contributed by atoms with van der Waals surface area (Å²) < 4.78 is 14.8. The minimum absolute atomic E-state index is 0.256. The third kappa shape index (κ3) is 3.64. The van der Waals surface area contributed by atoms with E-state index in [1.54, 1.807) is 18.3 Å². The summed E-state index contributed by atoms with van der Waals surface area (Å²) in [6, 6.07) is 10.1. The molecule has 20 heavy (non-hydrogen) atoms. The van der Waals surface area contributed by atoms with Crippen LogP contribution >= 0.6 is 12.2 Å². The summed E-state index contributed by atoms with van der Waals surface area (Å²) in [6.07, 6.45) is 3.55. The van der Waals surface area contributed by atoms with Gasteiger partial charge in [-0.15, -0.1) is 0 Å². The maximum absolute atomic E-state index is 12.9. The third-order valence-electron chi connectivity index (χ3n) is 2.59. The molecule has 0 aliphatic rings. The molecule has 6 heteroatoms. The highest BCUT2D eigenvalue weighted by atomic mass is 32.1. The van der Waals surface area contributed by atoms with Crippen molar-refractivity contribution < 1.29 is 4.39 Å². The van der Waals surface area contributed by atoms with E-state index in [0.29, 0.717) is 5.11 Å². The van der Waals surface area contributed by atoms with E-state index in [2.05, 4.69) is 15.8 Å². The fourth-order valence-electron chi connectivity index (χ4n) is 1.69. The first-order valence-electron chi connectivity index (χ1n) is 6.21. The molecule has 1 aromatic heterocycles. The molecule has 104 valence electrons. The van der Waals surface area contributed by atoms with Crippen molar-refractivity contribution in [1.82, 2.24) is 15.3 Å². The van der Waals surface area contributed by atoms with Crippen LogP contribution in [0.5, 0.6) is 0 Å². The summed E-state index contributed by atoms with van der Waals surface area (Å²) in [4.78, 5) is 0. The van der Waals surface area contributed by atoms with Gasteiger partial charge in [0.1, 0.15) is 5.82 Å². The number of thiocarbonyl (C=S) groups is 1. The quantitative estimate of drug-likeness (QED) is 0.516. The zero-order valence-corrected chi connectivity index (χ0v) is 11.8. The van der Waals surface area contributed by atoms with Gasteiger partial charge in [-0.2, -0.15) is 5.10 Å². The van der Waals surface area contributed by atoms with Gasteiger partial charge in [-0.1, -0.05) is 0 Å². The topological polar surface area (TPSA) is 41.4 Å². The van der Waals surface area contributed by atoms with E-state index in [1.165, 1.54) is 12.1 Å². The van der Waals surface area contributed by atoms with Crippen LogP contribution in [-0.4, -0.2) is 22.4 Å². The monoisotopic (exact) mass is 290 g/mol. The SMILES string of the molecule is CCNC(=S)N/N=C\c1cccn1-c1ccc(F)cc1. The maximum Gasteiger partial charge on any atom is 0.186 e. The number of hydrazone groups is 1. The van der Waals surface area contributed by atoms with Gasteiger partial charge in [-0.3, -0.25) is 5.43 Å². The zero-order chi connectivity index (χ0) is 14.4. The molecule has 0 saturated carbocycles. The minimum atomic E-state index is -0.256. The highest BCUT2D eigenvalue weighted by molar-refractivity contribution is 7.80. The highest BCUT2D eigenvalue weighted by Gasteiger charge is 2.01. The summed E-state index contributed by atoms with van der Waals surface area (Å²) >= 11 is 5.00. The smallest absolute Gasteiger partial charge is 0.186 e. The standard InChI is InChI=1S/C14H15FN4S/c1-2-16-14(20)18-17-10-13-4-3-9-19(13)12-7-5-11(15)6-8-12/h3-10H,2H2,1H3,(H2,16,18,20)/b17-10-. The van der Waals surface area contributed by atoms with Crippen LogP contribution in [0.4, 0.5) is 4.39 Å². The molecule has 2 rings (SSSR count). The summed E-state index contributed by atoms with van der Waals surface area (Å²) in [7, 11) is 0. The maximum atomic E-state index is 12.9. The predicted molar refractivity (Wildman–Crippen MR) is 82.7 cm³/mol. The fourth-order valence-corrected chi connectivity index (χ4v) is 1.89. The number of halogens is 1. The molecule has 1 aromatic carbocycles. The number of nitrogens with one attached hydrogen (secondary N) is 2. The second kappa shape index (κ2) is 6.81. The Balaban J connectivity index is 2.11. The van der Waals surface area contributed by atoms with Crippen molar-refractivity contribution in [2.75, 3.05) is 6.54 Å². The van der Waals surface area contributed by atoms with Crippen LogP contribution in [0.2, 0.25) is 0 Å². The number of nitrogens with zero attached hydrogens (tertiary/aromatic N) is 2. The van der Waals surface area contributed by atoms with Gasteiger partial charge in [0.15, 0.2) is 5.11 Å². The lowest BCUT2D eigenvalue weighted by Crippen LogP contribution is -2.31. The molecule has 0 unspecified atom stereocenters. The van der Waals surface area contributed by atoms with Gasteiger partial charge in [0.05, 0.1) is 11.9 Å². The largest absolute Gasteiger partial charge is 0.362 e. The van der Waals surface area contributed by atoms with Crippen molar-refractivity contribution in [3.8, 4) is 5.69 Å². The van der Waals surface area contributed by atoms with Crippen molar-refractivity contribution in [1.29, 1.82) is 0 Å². The first-order chi connectivity index (χ1) is 9.70. The molecule has 0 radical (unpaired) electrons. The first kappa shape index (κ1) is 14.2. The molecule has 0 aliphatic carbocycles. The van der Waals surface area contributed by atoms with E-state index in [9.17, 15) is 4.39 Å². The van der Waals surface area contributed by atoms with Gasteiger partial charge in [-0.25, -0.2) is 4.39 Å². The molecule has 1 heterocycles. The number of hydrogen-bond donors (Lipinski definition) is 2. The Morgan fingerprint density at radius 2 is 2.10 bits per heavy atom. The number of rotatable bonds is 4. The molecule has 4 nitrogen and oxygen atoms in total. The van der Waals surface area contributed by atoms with Gasteiger partial charge in [0.2, 0.25) is 0 Å². The van der Waals surface area contributed by atoms with Crippen molar-refractivity contribution >= 4 is 23.5 Å². The fraction of sp³-hybridized carbons (Fsp3) is 0.143. The van der Waals surface area contributed by atoms with Crippen LogP contribution in [0.3, 0.4) is 0 Å². The zero-order valence-electron chi connectivity index (χ0n) is 11.0. The lowest BCUT2D eigenvalue weighted by molar-refractivity contribution is 0.627. The molecule has 0 spiro atoms. The Morgan fingerprint density at radius 3 is 2.80 bits per heavy atom. The van der Waals surface area contributed by atoms with Gasteiger partial charge < -0.3 is 9.88 Å². The summed E-state index contributed by atoms with van der Waals surface area (Å²) in [5.41, 5.74) is 4.46. The third-order valence-corrected chi connectivity index (χ3v) is 2.82. The van der Waals surface area contributed by atoms with Crippen LogP contribution in [0.1, 0.15) is 12.6 Å². The van der Waals surface area contributed by atoms with Gasteiger partial charge in [0, 0.05) is 18.4 Å². The van der Waals surface area contributed by atoms with Crippen molar-refractivity contribution in [2.45, 2.75) is 6.92 Å². The molecule has 0 saturated heterocycles. The Bertz CT molecular complexity index is 604. The Morgan fingerprint density at radius 1 is 1.35 bits per heavy atom. The Labute approximate surface area is 122 Å². The molecule has 0 atom stereocenters. The van der Waals surface area contributed by atoms with Gasteiger partial charge in [-0.05, 0) is 55.5 Å². The Kier molecular flexibility index (Phi) is 4.84.